The lowest BCUT2D eigenvalue weighted by Gasteiger charge is -2.19. The maximum Gasteiger partial charge on any atom is 0.414 e. The van der Waals surface area contributed by atoms with Crippen LogP contribution in [0.4, 0.5) is 21.0 Å². The molecule has 0 unspecified atom stereocenters. The number of anilines is 2. The highest BCUT2D eigenvalue weighted by Crippen LogP contribution is 2.30. The van der Waals surface area contributed by atoms with Gasteiger partial charge in [0.05, 0.1) is 25.4 Å². The molecule has 24 heavy (non-hydrogen) atoms. The van der Waals surface area contributed by atoms with Crippen LogP contribution in [0.3, 0.4) is 0 Å². The number of amides is 3. The Bertz CT molecular complexity index is 690. The Balaban J connectivity index is 1.78. The highest BCUT2D eigenvalue weighted by atomic mass is 16.6. The third-order valence-corrected chi connectivity index (χ3v) is 4.06. The van der Waals surface area contributed by atoms with Gasteiger partial charge in [0.15, 0.2) is 0 Å². The van der Waals surface area contributed by atoms with E-state index in [1.807, 2.05) is 6.07 Å². The van der Waals surface area contributed by atoms with Crippen molar-refractivity contribution < 1.29 is 23.9 Å². The zero-order valence-corrected chi connectivity index (χ0v) is 13.6. The number of carbonyl (C=O) groups is 3. The summed E-state index contributed by atoms with van der Waals surface area (Å²) in [6.45, 7) is 2.37. The van der Waals surface area contributed by atoms with Gasteiger partial charge in [-0.3, -0.25) is 14.6 Å². The van der Waals surface area contributed by atoms with Crippen molar-refractivity contribution in [2.75, 3.05) is 36.5 Å². The zero-order valence-electron chi connectivity index (χ0n) is 13.6. The molecule has 0 aliphatic carbocycles. The summed E-state index contributed by atoms with van der Waals surface area (Å²) in [5.74, 6) is -0.165. The van der Waals surface area contributed by atoms with Crippen LogP contribution < -0.4 is 15.1 Å². The maximum absolute atomic E-state index is 12.1. The molecule has 1 aromatic rings. The standard InChI is InChI=1S/C16H19N3O5/c1-10(20)17-8-13-9-19(16(22)24-13)12-3-4-14-11(7-12)5-6-23-15(21)18(14)2/h3-4,7,13H,5-6,8-9H2,1-2H3,(H,17,20)/t13-/m0/s1. The molecule has 1 saturated heterocycles. The van der Waals surface area contributed by atoms with E-state index in [1.54, 1.807) is 19.2 Å². The molecular formula is C16H19N3O5. The number of benzene rings is 1. The van der Waals surface area contributed by atoms with Crippen LogP contribution in [0.2, 0.25) is 0 Å². The SMILES string of the molecule is CC(=O)NC[C@H]1CN(c2ccc3c(c2)CCOC(=O)N3C)C(=O)O1. The highest BCUT2D eigenvalue weighted by molar-refractivity contribution is 5.92. The van der Waals surface area contributed by atoms with Crippen molar-refractivity contribution >= 4 is 29.5 Å². The van der Waals surface area contributed by atoms with Gasteiger partial charge in [0.2, 0.25) is 5.91 Å². The lowest BCUT2D eigenvalue weighted by atomic mass is 10.1. The fourth-order valence-electron chi connectivity index (χ4n) is 2.81. The number of ether oxygens (including phenoxy) is 2. The summed E-state index contributed by atoms with van der Waals surface area (Å²) in [5, 5.41) is 2.65. The van der Waals surface area contributed by atoms with Gasteiger partial charge in [0.25, 0.3) is 0 Å². The summed E-state index contributed by atoms with van der Waals surface area (Å²) in [6, 6.07) is 5.44. The van der Waals surface area contributed by atoms with Crippen molar-refractivity contribution in [3.05, 3.63) is 23.8 Å². The van der Waals surface area contributed by atoms with Gasteiger partial charge in [0, 0.05) is 26.1 Å². The van der Waals surface area contributed by atoms with Crippen LogP contribution in [-0.4, -0.2) is 50.9 Å². The first-order chi connectivity index (χ1) is 11.5. The Hall–Kier alpha value is -2.77. The molecule has 0 radical (unpaired) electrons. The summed E-state index contributed by atoms with van der Waals surface area (Å²) in [5.41, 5.74) is 2.40. The maximum atomic E-state index is 12.1. The minimum Gasteiger partial charge on any atom is -0.449 e. The van der Waals surface area contributed by atoms with Crippen LogP contribution in [0.15, 0.2) is 18.2 Å². The normalized spacial score (nSPS) is 20.2. The lowest BCUT2D eigenvalue weighted by molar-refractivity contribution is -0.119. The largest absolute Gasteiger partial charge is 0.449 e. The molecule has 0 aromatic heterocycles. The summed E-state index contributed by atoms with van der Waals surface area (Å²) in [4.78, 5) is 37.8. The topological polar surface area (TPSA) is 88.2 Å². The second-order valence-electron chi connectivity index (χ2n) is 5.79. The van der Waals surface area contributed by atoms with Crippen LogP contribution in [0.1, 0.15) is 12.5 Å². The van der Waals surface area contributed by atoms with E-state index < -0.39 is 12.2 Å². The second-order valence-corrected chi connectivity index (χ2v) is 5.79. The molecule has 2 heterocycles. The van der Waals surface area contributed by atoms with Crippen LogP contribution in [0, 0.1) is 0 Å². The van der Waals surface area contributed by atoms with Gasteiger partial charge in [-0.1, -0.05) is 0 Å². The molecule has 0 saturated carbocycles. The molecule has 2 aliphatic rings. The number of nitrogens with zero attached hydrogens (tertiary/aromatic N) is 2. The Labute approximate surface area is 139 Å². The fourth-order valence-corrected chi connectivity index (χ4v) is 2.81. The van der Waals surface area contributed by atoms with Gasteiger partial charge >= 0.3 is 12.2 Å². The van der Waals surface area contributed by atoms with Crippen LogP contribution in [-0.2, 0) is 20.7 Å². The van der Waals surface area contributed by atoms with E-state index in [0.29, 0.717) is 25.3 Å². The fraction of sp³-hybridized carbons (Fsp3) is 0.438. The first kappa shape index (κ1) is 16.1. The predicted molar refractivity (Wildman–Crippen MR) is 86.2 cm³/mol. The summed E-state index contributed by atoms with van der Waals surface area (Å²) in [7, 11) is 1.65. The van der Waals surface area contributed by atoms with Gasteiger partial charge in [0.1, 0.15) is 6.10 Å². The number of hydrogen-bond acceptors (Lipinski definition) is 5. The Kier molecular flexibility index (Phi) is 4.28. The first-order valence-electron chi connectivity index (χ1n) is 7.71. The summed E-state index contributed by atoms with van der Waals surface area (Å²) in [6.07, 6.45) is -0.637. The van der Waals surface area contributed by atoms with E-state index in [4.69, 9.17) is 9.47 Å². The smallest absolute Gasteiger partial charge is 0.414 e. The summed E-state index contributed by atoms with van der Waals surface area (Å²) < 4.78 is 10.4. The Morgan fingerprint density at radius 1 is 1.33 bits per heavy atom. The molecule has 1 aromatic carbocycles. The number of fused-ring (bicyclic) bond motifs is 1. The van der Waals surface area contributed by atoms with E-state index >= 15 is 0 Å². The van der Waals surface area contributed by atoms with Crippen molar-refractivity contribution in [3.63, 3.8) is 0 Å². The molecule has 8 heteroatoms. The zero-order chi connectivity index (χ0) is 17.3. The predicted octanol–water partition coefficient (Wildman–Crippen LogP) is 1.28. The number of nitrogens with one attached hydrogen (secondary N) is 1. The molecule has 8 nitrogen and oxygen atoms in total. The highest BCUT2D eigenvalue weighted by Gasteiger charge is 2.33. The molecule has 1 N–H and O–H groups in total. The van der Waals surface area contributed by atoms with Crippen molar-refractivity contribution in [2.45, 2.75) is 19.4 Å². The molecule has 2 aliphatic heterocycles. The minimum absolute atomic E-state index is 0.165. The molecule has 3 rings (SSSR count). The van der Waals surface area contributed by atoms with Gasteiger partial charge in [-0.15, -0.1) is 0 Å². The number of carbonyl (C=O) groups excluding carboxylic acids is 3. The van der Waals surface area contributed by atoms with E-state index in [1.165, 1.54) is 16.7 Å². The van der Waals surface area contributed by atoms with Gasteiger partial charge < -0.3 is 14.8 Å². The van der Waals surface area contributed by atoms with Crippen LogP contribution in [0.25, 0.3) is 0 Å². The minimum atomic E-state index is -0.445. The molecule has 0 spiro atoms. The van der Waals surface area contributed by atoms with Gasteiger partial charge in [-0.25, -0.2) is 9.59 Å². The van der Waals surface area contributed by atoms with E-state index in [9.17, 15) is 14.4 Å². The average molecular weight is 333 g/mol. The Morgan fingerprint density at radius 3 is 2.88 bits per heavy atom. The van der Waals surface area contributed by atoms with Crippen LogP contribution >= 0.6 is 0 Å². The first-order valence-corrected chi connectivity index (χ1v) is 7.71. The molecule has 1 atom stereocenters. The number of cyclic esters (lactones) is 2. The van der Waals surface area contributed by atoms with E-state index in [0.717, 1.165) is 11.3 Å². The van der Waals surface area contributed by atoms with Crippen LogP contribution in [0.5, 0.6) is 0 Å². The third kappa shape index (κ3) is 3.12. The number of hydrogen-bond donors (Lipinski definition) is 1. The molecule has 128 valence electrons. The third-order valence-electron chi connectivity index (χ3n) is 4.06. The monoisotopic (exact) mass is 333 g/mol. The second kappa shape index (κ2) is 6.38. The lowest BCUT2D eigenvalue weighted by Crippen LogP contribution is -2.33. The van der Waals surface area contributed by atoms with E-state index in [2.05, 4.69) is 5.32 Å². The molecule has 0 bridgehead atoms. The van der Waals surface area contributed by atoms with Crippen molar-refractivity contribution in [3.8, 4) is 0 Å². The molecule has 3 amide bonds. The molecular weight excluding hydrogens is 314 g/mol. The van der Waals surface area contributed by atoms with Crippen molar-refractivity contribution in [2.24, 2.45) is 0 Å². The summed E-state index contributed by atoms with van der Waals surface area (Å²) >= 11 is 0. The van der Waals surface area contributed by atoms with Gasteiger partial charge in [-0.2, -0.15) is 0 Å². The molecule has 1 fully saturated rings. The Morgan fingerprint density at radius 2 is 2.12 bits per heavy atom. The quantitative estimate of drug-likeness (QED) is 0.900. The average Bonchev–Trinajstić information content (AvgIpc) is 2.86. The van der Waals surface area contributed by atoms with Crippen molar-refractivity contribution in [1.29, 1.82) is 0 Å². The van der Waals surface area contributed by atoms with Gasteiger partial charge in [-0.05, 0) is 23.8 Å². The van der Waals surface area contributed by atoms with Crippen molar-refractivity contribution in [1.82, 2.24) is 5.32 Å². The van der Waals surface area contributed by atoms with E-state index in [-0.39, 0.29) is 18.6 Å². The number of rotatable bonds is 3.